The third-order valence-corrected chi connectivity index (χ3v) is 8.32. The van der Waals surface area contributed by atoms with Gasteiger partial charge in [0, 0.05) is 51.2 Å². The van der Waals surface area contributed by atoms with E-state index in [4.69, 9.17) is 9.40 Å². The third-order valence-electron chi connectivity index (χ3n) is 8.32. The number of nitrogens with zero attached hydrogens (tertiary/aromatic N) is 4. The second kappa shape index (κ2) is 9.88. The van der Waals surface area contributed by atoms with E-state index in [1.807, 2.05) is 13.0 Å². The van der Waals surface area contributed by atoms with Gasteiger partial charge in [0.15, 0.2) is 0 Å². The lowest BCUT2D eigenvalue weighted by Crippen LogP contribution is -2.26. The van der Waals surface area contributed by atoms with Gasteiger partial charge in [-0.2, -0.15) is 0 Å². The minimum Gasteiger partial charge on any atom is -0.437 e. The lowest BCUT2D eigenvalue weighted by atomic mass is 9.79. The summed E-state index contributed by atoms with van der Waals surface area (Å²) >= 11 is 0. The van der Waals surface area contributed by atoms with E-state index >= 15 is 0 Å². The van der Waals surface area contributed by atoms with Crippen molar-refractivity contribution in [2.24, 2.45) is 0 Å². The molecule has 1 aliphatic rings. The zero-order chi connectivity index (χ0) is 29.0. The number of hydrogen-bond acceptors (Lipinski definition) is 5. The van der Waals surface area contributed by atoms with Crippen molar-refractivity contribution in [2.75, 3.05) is 16.5 Å². The molecule has 1 aliphatic heterocycles. The Kier molecular flexibility index (Phi) is 6.12. The Morgan fingerprint density at radius 1 is 0.690 bits per heavy atom. The van der Waals surface area contributed by atoms with Crippen LogP contribution < -0.4 is 9.80 Å². The Morgan fingerprint density at radius 3 is 2.26 bits per heavy atom. The molecule has 5 nitrogen and oxygen atoms in total. The molecule has 5 heteroatoms. The summed E-state index contributed by atoms with van der Waals surface area (Å²) in [5, 5.41) is 2.09. The lowest BCUT2D eigenvalue weighted by molar-refractivity contribution is 0.616. The first-order chi connectivity index (χ1) is 20.3. The molecular weight excluding hydrogens is 516 g/mol. The standard InChI is InChI=1S/C37H34N4O/c1-24-18-27(22-29(19-24)41-17-16-40(23-41)28-10-7-6-8-11-28)37(4,5)34-21-25(2)20-33(39-34)32-13-9-12-30-31-15-14-26(3)38-36(31)42-35(30)32/h6-22H,23H2,1-5H3. The van der Waals surface area contributed by atoms with Crippen molar-refractivity contribution in [3.8, 4) is 11.3 Å². The van der Waals surface area contributed by atoms with Gasteiger partial charge in [0.25, 0.3) is 0 Å². The number of aryl methyl sites for hydroxylation is 3. The molecule has 0 radical (unpaired) electrons. The molecule has 0 spiro atoms. The zero-order valence-electron chi connectivity index (χ0n) is 24.7. The molecular formula is C37H34N4O. The van der Waals surface area contributed by atoms with Gasteiger partial charge in [-0.15, -0.1) is 0 Å². The summed E-state index contributed by atoms with van der Waals surface area (Å²) in [5.41, 5.74) is 11.0. The van der Waals surface area contributed by atoms with Crippen LogP contribution in [0.3, 0.4) is 0 Å². The van der Waals surface area contributed by atoms with E-state index in [2.05, 4.69) is 140 Å². The van der Waals surface area contributed by atoms with Crippen LogP contribution in [0.1, 0.15) is 41.9 Å². The first kappa shape index (κ1) is 26.0. The van der Waals surface area contributed by atoms with Crippen LogP contribution >= 0.6 is 0 Å². The quantitative estimate of drug-likeness (QED) is 0.214. The number of fused-ring (bicyclic) bond motifs is 3. The molecule has 0 atom stereocenters. The molecule has 6 aromatic rings. The molecule has 0 unspecified atom stereocenters. The van der Waals surface area contributed by atoms with Crippen LogP contribution in [-0.2, 0) is 5.41 Å². The normalized spacial score (nSPS) is 13.5. The molecule has 3 aromatic heterocycles. The van der Waals surface area contributed by atoms with Crippen LogP contribution in [0.25, 0.3) is 33.3 Å². The van der Waals surface area contributed by atoms with Crippen LogP contribution in [0.4, 0.5) is 11.4 Å². The van der Waals surface area contributed by atoms with Gasteiger partial charge in [-0.05, 0) is 92.1 Å². The highest BCUT2D eigenvalue weighted by atomic mass is 16.3. The van der Waals surface area contributed by atoms with Crippen molar-refractivity contribution in [3.05, 3.63) is 131 Å². The number of anilines is 2. The maximum Gasteiger partial charge on any atom is 0.227 e. The van der Waals surface area contributed by atoms with Gasteiger partial charge in [0.2, 0.25) is 5.71 Å². The molecule has 208 valence electrons. The fraction of sp³-hybridized carbons (Fsp3) is 0.189. The molecule has 0 saturated carbocycles. The summed E-state index contributed by atoms with van der Waals surface area (Å²) in [6, 6.07) is 32.1. The highest BCUT2D eigenvalue weighted by Crippen LogP contribution is 2.38. The fourth-order valence-electron chi connectivity index (χ4n) is 5.91. The molecule has 42 heavy (non-hydrogen) atoms. The van der Waals surface area contributed by atoms with E-state index in [-0.39, 0.29) is 5.41 Å². The molecule has 3 aromatic carbocycles. The number of furan rings is 1. The fourth-order valence-corrected chi connectivity index (χ4v) is 5.91. The molecule has 0 amide bonds. The van der Waals surface area contributed by atoms with E-state index < -0.39 is 0 Å². The number of para-hydroxylation sites is 2. The van der Waals surface area contributed by atoms with E-state index in [1.54, 1.807) is 0 Å². The van der Waals surface area contributed by atoms with Crippen molar-refractivity contribution in [2.45, 2.75) is 40.0 Å². The van der Waals surface area contributed by atoms with Crippen LogP contribution in [0.2, 0.25) is 0 Å². The van der Waals surface area contributed by atoms with Crippen molar-refractivity contribution >= 4 is 33.4 Å². The number of pyridine rings is 2. The average Bonchev–Trinajstić information content (AvgIpc) is 3.62. The summed E-state index contributed by atoms with van der Waals surface area (Å²) in [6.07, 6.45) is 4.30. The van der Waals surface area contributed by atoms with Crippen LogP contribution in [0, 0.1) is 20.8 Å². The molecule has 0 saturated heterocycles. The van der Waals surface area contributed by atoms with Crippen molar-refractivity contribution < 1.29 is 4.42 Å². The second-order valence-corrected chi connectivity index (χ2v) is 11.9. The zero-order valence-corrected chi connectivity index (χ0v) is 24.7. The number of aromatic nitrogens is 2. The summed E-state index contributed by atoms with van der Waals surface area (Å²) in [5.74, 6) is 0. The SMILES string of the molecule is Cc1cc(N2C=CN(c3ccccc3)C2)cc(C(C)(C)c2cc(C)cc(-c3cccc4c3oc3nc(C)ccc34)n2)c1. The van der Waals surface area contributed by atoms with Gasteiger partial charge in [0.1, 0.15) is 5.58 Å². The molecule has 4 heterocycles. The van der Waals surface area contributed by atoms with E-state index in [1.165, 1.54) is 28.1 Å². The van der Waals surface area contributed by atoms with Gasteiger partial charge < -0.3 is 14.2 Å². The maximum absolute atomic E-state index is 6.33. The molecule has 0 aliphatic carbocycles. The van der Waals surface area contributed by atoms with E-state index in [0.717, 1.165) is 45.7 Å². The monoisotopic (exact) mass is 550 g/mol. The van der Waals surface area contributed by atoms with Gasteiger partial charge in [0.05, 0.1) is 18.1 Å². The molecule has 0 fully saturated rings. The van der Waals surface area contributed by atoms with Gasteiger partial charge in [-0.25, -0.2) is 4.98 Å². The molecule has 0 bridgehead atoms. The van der Waals surface area contributed by atoms with Crippen molar-refractivity contribution in [1.82, 2.24) is 9.97 Å². The Bertz CT molecular complexity index is 1990. The predicted octanol–water partition coefficient (Wildman–Crippen LogP) is 9.05. The van der Waals surface area contributed by atoms with E-state index in [0.29, 0.717) is 5.71 Å². The largest absolute Gasteiger partial charge is 0.437 e. The lowest BCUT2D eigenvalue weighted by Gasteiger charge is -2.29. The number of rotatable bonds is 5. The number of benzene rings is 3. The minimum atomic E-state index is -0.329. The van der Waals surface area contributed by atoms with Crippen molar-refractivity contribution in [3.63, 3.8) is 0 Å². The van der Waals surface area contributed by atoms with Gasteiger partial charge >= 0.3 is 0 Å². The number of hydrogen-bond donors (Lipinski definition) is 0. The topological polar surface area (TPSA) is 45.4 Å². The first-order valence-electron chi connectivity index (χ1n) is 14.4. The predicted molar refractivity (Wildman–Crippen MR) is 173 cm³/mol. The average molecular weight is 551 g/mol. The Hall–Kier alpha value is -4.90. The highest BCUT2D eigenvalue weighted by molar-refractivity contribution is 6.08. The van der Waals surface area contributed by atoms with Gasteiger partial charge in [-0.1, -0.05) is 50.2 Å². The summed E-state index contributed by atoms with van der Waals surface area (Å²) in [7, 11) is 0. The Morgan fingerprint density at radius 2 is 1.45 bits per heavy atom. The summed E-state index contributed by atoms with van der Waals surface area (Å²) in [6.45, 7) is 11.6. The summed E-state index contributed by atoms with van der Waals surface area (Å²) < 4.78 is 6.33. The maximum atomic E-state index is 6.33. The Balaban J connectivity index is 1.26. The minimum absolute atomic E-state index is 0.329. The molecule has 0 N–H and O–H groups in total. The van der Waals surface area contributed by atoms with Gasteiger partial charge in [-0.3, -0.25) is 4.98 Å². The van der Waals surface area contributed by atoms with E-state index in [9.17, 15) is 0 Å². The highest BCUT2D eigenvalue weighted by Gasteiger charge is 2.28. The van der Waals surface area contributed by atoms with Crippen LogP contribution in [-0.4, -0.2) is 16.6 Å². The summed E-state index contributed by atoms with van der Waals surface area (Å²) in [4.78, 5) is 14.5. The molecule has 7 rings (SSSR count). The van der Waals surface area contributed by atoms with Crippen molar-refractivity contribution in [1.29, 1.82) is 0 Å². The van der Waals surface area contributed by atoms with Crippen LogP contribution in [0.15, 0.2) is 108 Å². The smallest absolute Gasteiger partial charge is 0.227 e. The second-order valence-electron chi connectivity index (χ2n) is 11.9. The Labute approximate surface area is 246 Å². The first-order valence-corrected chi connectivity index (χ1v) is 14.4. The van der Waals surface area contributed by atoms with Crippen LogP contribution in [0.5, 0.6) is 0 Å². The third kappa shape index (κ3) is 4.51.